The summed E-state index contributed by atoms with van der Waals surface area (Å²) in [5.74, 6) is 1.79. The van der Waals surface area contributed by atoms with Crippen molar-refractivity contribution in [2.45, 2.75) is 124 Å². The molecule has 9 heterocycles. The molecule has 648 valence electrons. The Bertz CT molecular complexity index is 5810. The zero-order valence-electron chi connectivity index (χ0n) is 68.6. The number of nitrogens with zero attached hydrogens (tertiary/aromatic N) is 14. The summed E-state index contributed by atoms with van der Waals surface area (Å²) < 4.78 is 28.7. The molecule has 2 amide bonds. The van der Waals surface area contributed by atoms with Crippen LogP contribution in [0.4, 0.5) is 22.2 Å². The van der Waals surface area contributed by atoms with E-state index >= 15 is 0 Å². The summed E-state index contributed by atoms with van der Waals surface area (Å²) in [5, 5.41) is 44.1. The van der Waals surface area contributed by atoms with E-state index in [1.54, 1.807) is 43.2 Å². The summed E-state index contributed by atoms with van der Waals surface area (Å²) in [6, 6.07) is 53.6. The molecule has 0 radical (unpaired) electrons. The number of nitrogens with two attached hydrogens (primary N) is 3. The van der Waals surface area contributed by atoms with E-state index in [4.69, 9.17) is 41.3 Å². The first-order chi connectivity index (χ1) is 58.0. The van der Waals surface area contributed by atoms with Crippen LogP contribution in [-0.2, 0) is 14.3 Å². The number of ether oxygens (including phenoxy) is 4. The number of nitrogen functional groups attached to an aromatic ring is 3. The van der Waals surface area contributed by atoms with Crippen LogP contribution in [0, 0.1) is 11.3 Å². The zero-order chi connectivity index (χ0) is 84.3. The third-order valence-corrected chi connectivity index (χ3v) is 21.4. The molecule has 125 heavy (non-hydrogen) atoms. The maximum Gasteiger partial charge on any atom is 1.00 e. The maximum absolute atomic E-state index is 13.0. The molecular weight excluding hydrogens is 1600 g/mol. The second kappa shape index (κ2) is 42.8. The van der Waals surface area contributed by atoms with Gasteiger partial charge in [0.2, 0.25) is 5.91 Å². The second-order valence-electron chi connectivity index (χ2n) is 30.9. The van der Waals surface area contributed by atoms with Gasteiger partial charge in [-0.1, -0.05) is 125 Å². The van der Waals surface area contributed by atoms with Gasteiger partial charge in [-0.05, 0) is 176 Å². The number of para-hydroxylation sites is 3. The van der Waals surface area contributed by atoms with Gasteiger partial charge in [-0.15, -0.1) is 0 Å². The number of carboxylic acid groups (broad SMARTS) is 3. The fourth-order valence-corrected chi connectivity index (χ4v) is 15.4. The smallest absolute Gasteiger partial charge is 0.870 e. The van der Waals surface area contributed by atoms with E-state index in [0.717, 1.165) is 43.1 Å². The minimum atomic E-state index is -1.10. The van der Waals surface area contributed by atoms with E-state index in [2.05, 4.69) is 58.1 Å². The number of carbonyl (C=O) groups is 5. The third kappa shape index (κ3) is 22.7. The quantitative estimate of drug-likeness (QED) is 0.0245. The van der Waals surface area contributed by atoms with Crippen molar-refractivity contribution in [3.63, 3.8) is 0 Å². The van der Waals surface area contributed by atoms with Crippen LogP contribution in [0.1, 0.15) is 133 Å². The standard InChI is InChI=1S/C31H32N6O4.C28H28N6O3.C23H21N5O3.C8H13NO2.3CH4.Na.H2O/c1-35(21-11-12-21)16-5-8-25(38)36-17-15-22(18-36)37-28(31(39)40)26(27-29(32)33-19-34-30(27)37)20-9-13-24(14-10-20)41-23-6-3-2-4-7-23;1-28(2,3)37-27(35)33-14-13-19(16-33)34-22(15-29)23(24-25(30)31-17-32-26(24)34)18-9-11-21(12-10-18)36-20-7-5-4-6-8-20;24-21-19-18(14-6-8-17(9-7-14)31-16-4-2-1-3-5-16)20(23(29)30)28(15-10-11-25-12-15)22(19)27-13-26-21;1-9(7-4-5-7)6-2-3-8(10)11;;;;;/h2-10,13-14,19,21-22H,11-12,15-18H2,1H3,(H,39,40)(H2,32,33,34);4-12,17,19H,13-14,16H2,1-3H3,(H2,30,31,32);1-9,13,15,25H,10-12H2,(H,29,30)(H2,24,26,27);2-3,7H,4-6H2,1H3,(H,10,11);3*1H4;;1H2/q;;;;;;;+1;/p-1/b8-5+;;;3-2+;;;;;/t22-;19-;15-;;;;;;/m111....../s1. The van der Waals surface area contributed by atoms with Crippen molar-refractivity contribution in [3.05, 3.63) is 224 Å². The van der Waals surface area contributed by atoms with Crippen molar-refractivity contribution in [2.24, 2.45) is 0 Å². The molecule has 3 atom stereocenters. The number of aliphatic carboxylic acids is 1. The number of benzene rings is 6. The van der Waals surface area contributed by atoms with Crippen LogP contribution in [0.2, 0.25) is 0 Å². The molecule has 0 bridgehead atoms. The molecule has 0 spiro atoms. The van der Waals surface area contributed by atoms with Crippen molar-refractivity contribution in [2.75, 3.05) is 83.7 Å². The number of nitriles is 1. The monoisotopic (exact) mass is 1710 g/mol. The zero-order valence-corrected chi connectivity index (χ0v) is 70.6. The summed E-state index contributed by atoms with van der Waals surface area (Å²) in [5.41, 5.74) is 24.3. The van der Waals surface area contributed by atoms with E-state index < -0.39 is 23.5 Å². The first-order valence-corrected chi connectivity index (χ1v) is 39.7. The number of anilines is 3. The van der Waals surface area contributed by atoms with Gasteiger partial charge in [0.1, 0.15) is 117 Å². The number of carbonyl (C=O) groups excluding carboxylic acids is 2. The summed E-state index contributed by atoms with van der Waals surface area (Å²) in [7, 11) is 4.09. The molecule has 2 aliphatic carbocycles. The van der Waals surface area contributed by atoms with Gasteiger partial charge in [-0.3, -0.25) is 14.6 Å². The van der Waals surface area contributed by atoms with E-state index in [-0.39, 0.29) is 110 Å². The van der Waals surface area contributed by atoms with Crippen LogP contribution in [0.25, 0.3) is 66.5 Å². The van der Waals surface area contributed by atoms with Crippen molar-refractivity contribution in [1.29, 1.82) is 5.26 Å². The number of amides is 2. The Morgan fingerprint density at radius 3 is 1.23 bits per heavy atom. The molecule has 32 heteroatoms. The van der Waals surface area contributed by atoms with E-state index in [0.29, 0.717) is 153 Å². The Kier molecular flexibility index (Phi) is 32.8. The van der Waals surface area contributed by atoms with Gasteiger partial charge in [0.15, 0.2) is 0 Å². The van der Waals surface area contributed by atoms with Gasteiger partial charge in [0, 0.05) is 92.8 Å². The van der Waals surface area contributed by atoms with Gasteiger partial charge in [0.25, 0.3) is 0 Å². The predicted octanol–water partition coefficient (Wildman–Crippen LogP) is 13.3. The molecule has 11 N–H and O–H groups in total. The molecular formula is C93H107N18NaO13. The van der Waals surface area contributed by atoms with Gasteiger partial charge in [-0.25, -0.2) is 49.1 Å². The molecule has 6 aromatic heterocycles. The molecule has 6 aromatic carbocycles. The van der Waals surface area contributed by atoms with Gasteiger partial charge < -0.3 is 85.8 Å². The van der Waals surface area contributed by atoms with Crippen molar-refractivity contribution >= 4 is 80.5 Å². The number of likely N-dealkylation sites (tertiary alicyclic amines) is 2. The van der Waals surface area contributed by atoms with E-state index in [9.17, 15) is 39.4 Å². The molecule has 3 aliphatic heterocycles. The van der Waals surface area contributed by atoms with Gasteiger partial charge >= 0.3 is 53.6 Å². The molecule has 17 rings (SSSR count). The molecule has 5 fully saturated rings. The third-order valence-electron chi connectivity index (χ3n) is 21.4. The Morgan fingerprint density at radius 2 is 0.856 bits per heavy atom. The van der Waals surface area contributed by atoms with E-state index in [1.165, 1.54) is 50.7 Å². The number of fused-ring (bicyclic) bond motifs is 3. The number of rotatable bonds is 22. The molecule has 12 aromatic rings. The van der Waals surface area contributed by atoms with Crippen LogP contribution in [-0.4, -0.2) is 198 Å². The fraction of sp³-hybridized carbons (Fsp3) is 0.312. The largest absolute Gasteiger partial charge is 1.00 e. The predicted molar refractivity (Wildman–Crippen MR) is 478 cm³/mol. The molecule has 3 saturated heterocycles. The van der Waals surface area contributed by atoms with Crippen LogP contribution in [0.3, 0.4) is 0 Å². The topological polar surface area (TPSA) is 432 Å². The summed E-state index contributed by atoms with van der Waals surface area (Å²) in [6.45, 7) is 10.3. The first kappa shape index (κ1) is 95.8. The van der Waals surface area contributed by atoms with Crippen molar-refractivity contribution < 1.29 is 93.3 Å². The molecule has 0 unspecified atom stereocenters. The normalized spacial score (nSPS) is 15.7. The summed E-state index contributed by atoms with van der Waals surface area (Å²) in [6.07, 6.45) is 17.2. The minimum absolute atomic E-state index is 0. The second-order valence-corrected chi connectivity index (χ2v) is 30.9. The number of aromatic carboxylic acids is 2. The molecule has 2 saturated carbocycles. The first-order valence-electron chi connectivity index (χ1n) is 39.7. The Labute approximate surface area is 748 Å². The number of carboxylic acids is 3. The van der Waals surface area contributed by atoms with Gasteiger partial charge in [-0.2, -0.15) is 5.26 Å². The molecule has 5 aliphatic rings. The number of nitrogens with one attached hydrogen (secondary N) is 1. The SMILES string of the molecule is C.C.C.CC(C)(C)OC(=O)N1CC[C@@H](n2c(C#N)c(-c3ccc(Oc4ccccc4)cc3)c3c(N)ncnc32)C1.CN(C/C=C/C(=O)N1CC[C@@H](n2c(C(=O)O)c(-c3ccc(Oc4ccccc4)cc3)c3c(N)ncnc32)C1)C1CC1.CN(C/C=C/C(=O)O)C1CC1.Nc1ncnc2c1c(-c1ccc(Oc3ccccc3)cc1)c(C(=O)O)n2[C@@H]1CCNC1.[Na+].[OH-]. The van der Waals surface area contributed by atoms with Crippen LogP contribution in [0.15, 0.2) is 207 Å². The van der Waals surface area contributed by atoms with Gasteiger partial charge in [0.05, 0.1) is 28.2 Å². The average molecular weight is 1710 g/mol. The summed E-state index contributed by atoms with van der Waals surface area (Å²) in [4.78, 5) is 94.6. The fourth-order valence-electron chi connectivity index (χ4n) is 15.4. The Hall–Kier alpha value is -13.1. The average Bonchev–Trinajstić information content (AvgIpc) is 1.62. The van der Waals surface area contributed by atoms with Crippen LogP contribution < -0.4 is 66.3 Å². The van der Waals surface area contributed by atoms with Crippen molar-refractivity contribution in [1.82, 2.24) is 68.5 Å². The van der Waals surface area contributed by atoms with Crippen LogP contribution >= 0.6 is 0 Å². The maximum atomic E-state index is 13.0. The number of aromatic nitrogens is 9. The number of likely N-dealkylation sites (N-methyl/N-ethyl adjacent to an activating group) is 2. The minimum Gasteiger partial charge on any atom is -0.870 e. The number of hydrogen-bond acceptors (Lipinski definition) is 23. The summed E-state index contributed by atoms with van der Waals surface area (Å²) >= 11 is 0. The number of hydrogen-bond donors (Lipinski definition) is 7. The van der Waals surface area contributed by atoms with E-state index in [1.807, 2.05) is 190 Å². The van der Waals surface area contributed by atoms with Crippen LogP contribution in [0.5, 0.6) is 34.5 Å². The van der Waals surface area contributed by atoms with Crippen molar-refractivity contribution in [3.8, 4) is 73.9 Å². The Balaban J connectivity index is 0.000000197. The Morgan fingerprint density at radius 1 is 0.496 bits per heavy atom. The molecule has 31 nitrogen and oxygen atoms in total.